The Labute approximate surface area is 159 Å². The van der Waals surface area contributed by atoms with Crippen LogP contribution in [0.15, 0.2) is 52.0 Å². The summed E-state index contributed by atoms with van der Waals surface area (Å²) in [6, 6.07) is 13.8. The molecule has 4 heteroatoms. The van der Waals surface area contributed by atoms with Crippen molar-refractivity contribution in [2.24, 2.45) is 16.4 Å². The third-order valence-corrected chi connectivity index (χ3v) is 5.75. The minimum absolute atomic E-state index is 0.291. The third kappa shape index (κ3) is 3.61. The molecule has 27 heavy (non-hydrogen) atoms. The predicted octanol–water partition coefficient (Wildman–Crippen LogP) is 5.91. The minimum atomic E-state index is -0.291. The molecule has 140 valence electrons. The Balaban J connectivity index is 1.48. The van der Waals surface area contributed by atoms with E-state index in [1.54, 1.807) is 0 Å². The zero-order valence-electron chi connectivity index (χ0n) is 16.2. The highest BCUT2D eigenvalue weighted by molar-refractivity contribution is 6.08. The van der Waals surface area contributed by atoms with Gasteiger partial charge in [-0.25, -0.2) is 5.43 Å². The summed E-state index contributed by atoms with van der Waals surface area (Å²) in [6.07, 6.45) is 4.17. The van der Waals surface area contributed by atoms with Crippen molar-refractivity contribution in [1.82, 2.24) is 5.43 Å². The van der Waals surface area contributed by atoms with Crippen LogP contribution < -0.4 is 5.43 Å². The van der Waals surface area contributed by atoms with Crippen LogP contribution >= 0.6 is 0 Å². The summed E-state index contributed by atoms with van der Waals surface area (Å²) in [4.78, 5) is 12.5. The van der Waals surface area contributed by atoms with Gasteiger partial charge in [0.2, 0.25) is 0 Å². The Morgan fingerprint density at radius 2 is 1.81 bits per heavy atom. The van der Waals surface area contributed by atoms with Crippen LogP contribution in [0.1, 0.15) is 57.0 Å². The number of hydrogen-bond acceptors (Lipinski definition) is 3. The van der Waals surface area contributed by atoms with Gasteiger partial charge in [-0.15, -0.1) is 0 Å². The van der Waals surface area contributed by atoms with Crippen LogP contribution in [0.2, 0.25) is 0 Å². The molecule has 1 aliphatic carbocycles. The summed E-state index contributed by atoms with van der Waals surface area (Å²) in [6.45, 7) is 6.90. The number of amides is 1. The van der Waals surface area contributed by atoms with Crippen molar-refractivity contribution in [1.29, 1.82) is 0 Å². The van der Waals surface area contributed by atoms with Crippen molar-refractivity contribution in [3.8, 4) is 0 Å². The zero-order valence-corrected chi connectivity index (χ0v) is 16.2. The Kier molecular flexibility index (Phi) is 4.50. The summed E-state index contributed by atoms with van der Waals surface area (Å²) >= 11 is 0. The van der Waals surface area contributed by atoms with Gasteiger partial charge >= 0.3 is 5.91 Å². The summed E-state index contributed by atoms with van der Waals surface area (Å²) in [5.41, 5.74) is 4.82. The summed E-state index contributed by atoms with van der Waals surface area (Å²) in [7, 11) is 0. The molecule has 0 saturated heterocycles. The summed E-state index contributed by atoms with van der Waals surface area (Å²) in [5.74, 6) is 0.727. The van der Waals surface area contributed by atoms with Crippen LogP contribution in [0.4, 0.5) is 0 Å². The Hall–Kier alpha value is -2.62. The van der Waals surface area contributed by atoms with Crippen LogP contribution in [-0.4, -0.2) is 11.6 Å². The first-order valence-corrected chi connectivity index (χ1v) is 9.69. The fourth-order valence-electron chi connectivity index (χ4n) is 4.02. The van der Waals surface area contributed by atoms with Gasteiger partial charge in [0, 0.05) is 11.1 Å². The van der Waals surface area contributed by atoms with Crippen LogP contribution in [0, 0.1) is 11.3 Å². The highest BCUT2D eigenvalue weighted by atomic mass is 16.3. The number of furan rings is 1. The number of fused-ring (bicyclic) bond motifs is 3. The van der Waals surface area contributed by atoms with E-state index in [9.17, 15) is 4.79 Å². The third-order valence-electron chi connectivity index (χ3n) is 5.75. The molecule has 1 N–H and O–H groups in total. The monoisotopic (exact) mass is 362 g/mol. The van der Waals surface area contributed by atoms with E-state index < -0.39 is 0 Å². The number of nitrogens with zero attached hydrogens (tertiary/aromatic N) is 1. The molecular formula is C23H26N2O2. The van der Waals surface area contributed by atoms with Gasteiger partial charge in [-0.1, -0.05) is 51.1 Å². The average molecular weight is 362 g/mol. The topological polar surface area (TPSA) is 54.6 Å². The molecule has 1 fully saturated rings. The molecular weight excluding hydrogens is 336 g/mol. The largest absolute Gasteiger partial charge is 0.451 e. The van der Waals surface area contributed by atoms with E-state index in [1.807, 2.05) is 36.4 Å². The number of nitrogens with one attached hydrogen (secondary N) is 1. The lowest BCUT2D eigenvalue weighted by atomic mass is 9.72. The lowest BCUT2D eigenvalue weighted by Crippen LogP contribution is -2.27. The maximum atomic E-state index is 12.5. The molecule has 1 aromatic heterocycles. The van der Waals surface area contributed by atoms with Gasteiger partial charge < -0.3 is 4.42 Å². The highest BCUT2D eigenvalue weighted by Crippen LogP contribution is 2.36. The quantitative estimate of drug-likeness (QED) is 0.576. The van der Waals surface area contributed by atoms with Crippen LogP contribution in [0.25, 0.3) is 21.7 Å². The van der Waals surface area contributed by atoms with Crippen LogP contribution in [0.5, 0.6) is 0 Å². The van der Waals surface area contributed by atoms with Gasteiger partial charge in [0.25, 0.3) is 0 Å². The molecule has 0 atom stereocenters. The molecule has 4 nitrogen and oxygen atoms in total. The van der Waals surface area contributed by atoms with Crippen molar-refractivity contribution in [2.75, 3.05) is 0 Å². The average Bonchev–Trinajstić information content (AvgIpc) is 3.11. The first-order chi connectivity index (χ1) is 12.9. The Morgan fingerprint density at radius 1 is 1.07 bits per heavy atom. The van der Waals surface area contributed by atoms with E-state index in [-0.39, 0.29) is 5.91 Å². The van der Waals surface area contributed by atoms with Crippen molar-refractivity contribution < 1.29 is 9.21 Å². The SMILES string of the molecule is CC(C)(C)C1CCC(=NNC(=O)c2cc3c(ccc4ccccc43)o2)CC1. The number of benzene rings is 2. The molecule has 0 spiro atoms. The smallest absolute Gasteiger partial charge is 0.307 e. The van der Waals surface area contributed by atoms with Gasteiger partial charge in [-0.3, -0.25) is 4.79 Å². The van der Waals surface area contributed by atoms with Gasteiger partial charge in [0.15, 0.2) is 5.76 Å². The lowest BCUT2D eigenvalue weighted by molar-refractivity contribution is 0.0928. The molecule has 1 aliphatic rings. The Morgan fingerprint density at radius 3 is 2.56 bits per heavy atom. The number of carbonyl (C=O) groups is 1. The molecule has 0 radical (unpaired) electrons. The summed E-state index contributed by atoms with van der Waals surface area (Å²) < 4.78 is 5.76. The van der Waals surface area contributed by atoms with Gasteiger partial charge in [-0.05, 0) is 59.9 Å². The van der Waals surface area contributed by atoms with Crippen molar-refractivity contribution >= 4 is 33.4 Å². The number of hydrogen-bond donors (Lipinski definition) is 1. The fourth-order valence-corrected chi connectivity index (χ4v) is 4.02. The predicted molar refractivity (Wildman–Crippen MR) is 110 cm³/mol. The summed E-state index contributed by atoms with van der Waals surface area (Å²) in [5, 5.41) is 7.54. The maximum absolute atomic E-state index is 12.5. The normalized spacial score (nSPS) is 18.0. The van der Waals surface area contributed by atoms with Gasteiger partial charge in [0.1, 0.15) is 5.58 Å². The standard InChI is InChI=1S/C23H26N2O2/c1-23(2,3)16-9-11-17(12-10-16)24-25-22(26)21-14-19-18-7-5-4-6-15(18)8-13-20(19)27-21/h4-8,13-14,16H,9-12H2,1-3H3,(H,25,26). The fraction of sp³-hybridized carbons (Fsp3) is 0.391. The van der Waals surface area contributed by atoms with Crippen molar-refractivity contribution in [3.05, 3.63) is 48.2 Å². The number of carbonyl (C=O) groups excluding carboxylic acids is 1. The van der Waals surface area contributed by atoms with E-state index >= 15 is 0 Å². The van der Waals surface area contributed by atoms with Crippen molar-refractivity contribution in [3.63, 3.8) is 0 Å². The molecule has 1 saturated carbocycles. The second-order valence-corrected chi connectivity index (χ2v) is 8.57. The molecule has 3 aromatic rings. The van der Waals surface area contributed by atoms with E-state index in [0.717, 1.165) is 59.1 Å². The van der Waals surface area contributed by atoms with E-state index in [2.05, 4.69) is 37.4 Å². The Bertz CT molecular complexity index is 1010. The molecule has 0 unspecified atom stereocenters. The number of hydrazone groups is 1. The first-order valence-electron chi connectivity index (χ1n) is 9.69. The zero-order chi connectivity index (χ0) is 19.0. The van der Waals surface area contributed by atoms with E-state index in [0.29, 0.717) is 11.2 Å². The van der Waals surface area contributed by atoms with Gasteiger partial charge in [0.05, 0.1) is 0 Å². The molecule has 0 aliphatic heterocycles. The van der Waals surface area contributed by atoms with E-state index in [1.165, 1.54) is 0 Å². The maximum Gasteiger partial charge on any atom is 0.307 e. The van der Waals surface area contributed by atoms with Crippen LogP contribution in [0.3, 0.4) is 0 Å². The number of rotatable bonds is 2. The minimum Gasteiger partial charge on any atom is -0.451 e. The lowest BCUT2D eigenvalue weighted by Gasteiger charge is -2.34. The molecule has 1 heterocycles. The second-order valence-electron chi connectivity index (χ2n) is 8.57. The van der Waals surface area contributed by atoms with Crippen molar-refractivity contribution in [2.45, 2.75) is 46.5 Å². The van der Waals surface area contributed by atoms with Crippen LogP contribution in [-0.2, 0) is 0 Å². The van der Waals surface area contributed by atoms with E-state index in [4.69, 9.17) is 4.42 Å². The first kappa shape index (κ1) is 17.8. The molecule has 4 rings (SSSR count). The molecule has 1 amide bonds. The molecule has 0 bridgehead atoms. The second kappa shape index (κ2) is 6.84. The highest BCUT2D eigenvalue weighted by Gasteiger charge is 2.28. The van der Waals surface area contributed by atoms with Gasteiger partial charge in [-0.2, -0.15) is 5.10 Å². The molecule has 2 aromatic carbocycles.